The van der Waals surface area contributed by atoms with E-state index in [1.165, 1.54) is 0 Å². The highest BCUT2D eigenvalue weighted by Gasteiger charge is 2.23. The third kappa shape index (κ3) is 2.60. The van der Waals surface area contributed by atoms with Gasteiger partial charge in [-0.25, -0.2) is 0 Å². The molecule has 0 aliphatic carbocycles. The molecule has 1 aromatic rings. The number of rotatable bonds is 4. The minimum Gasteiger partial charge on any atom is -0.497 e. The van der Waals surface area contributed by atoms with Gasteiger partial charge in [0.1, 0.15) is 11.5 Å². The van der Waals surface area contributed by atoms with Gasteiger partial charge in [0.2, 0.25) is 0 Å². The van der Waals surface area contributed by atoms with Gasteiger partial charge in [-0.3, -0.25) is 5.32 Å². The second-order valence-electron chi connectivity index (χ2n) is 4.39. The third-order valence-electron chi connectivity index (χ3n) is 3.27. The second-order valence-corrected chi connectivity index (χ2v) is 4.39. The molecule has 0 saturated heterocycles. The zero-order valence-corrected chi connectivity index (χ0v) is 10.9. The molecule has 3 heteroatoms. The average Bonchev–Trinajstić information content (AvgIpc) is 2.44. The molecule has 1 aliphatic rings. The topological polar surface area (TPSA) is 30.5 Å². The minimum atomic E-state index is 0.104. The first-order chi connectivity index (χ1) is 8.78. The fourth-order valence-corrected chi connectivity index (χ4v) is 2.20. The summed E-state index contributed by atoms with van der Waals surface area (Å²) in [6.45, 7) is 2.81. The van der Waals surface area contributed by atoms with Gasteiger partial charge in [0.25, 0.3) is 0 Å². The lowest BCUT2D eigenvalue weighted by Gasteiger charge is -2.29. The Kier molecular flexibility index (Phi) is 4.11. The lowest BCUT2D eigenvalue weighted by molar-refractivity contribution is 0.247. The van der Waals surface area contributed by atoms with Crippen molar-refractivity contribution in [3.05, 3.63) is 23.8 Å². The molecular formula is C15H19NO2. The number of hydrogen-bond donors (Lipinski definition) is 1. The molecule has 18 heavy (non-hydrogen) atoms. The van der Waals surface area contributed by atoms with Crippen LogP contribution in [0.3, 0.4) is 0 Å². The fourth-order valence-electron chi connectivity index (χ4n) is 2.20. The smallest absolute Gasteiger partial charge is 0.124 e. The summed E-state index contributed by atoms with van der Waals surface area (Å²) in [6, 6.07) is 6.24. The van der Waals surface area contributed by atoms with Crippen LogP contribution in [0.5, 0.6) is 11.5 Å². The van der Waals surface area contributed by atoms with E-state index in [1.807, 2.05) is 18.2 Å². The molecule has 0 bridgehead atoms. The highest BCUT2D eigenvalue weighted by molar-refractivity contribution is 5.43. The quantitative estimate of drug-likeness (QED) is 0.827. The predicted octanol–water partition coefficient (Wildman–Crippen LogP) is 2.52. The van der Waals surface area contributed by atoms with Crippen molar-refractivity contribution >= 4 is 0 Å². The summed E-state index contributed by atoms with van der Waals surface area (Å²) in [5.74, 6) is 4.54. The zero-order chi connectivity index (χ0) is 13.0. The van der Waals surface area contributed by atoms with Crippen molar-refractivity contribution < 1.29 is 9.47 Å². The van der Waals surface area contributed by atoms with Gasteiger partial charge < -0.3 is 9.47 Å². The molecule has 1 N–H and O–H groups in total. The molecule has 0 fully saturated rings. The van der Waals surface area contributed by atoms with Crippen LogP contribution in [0.1, 0.15) is 31.4 Å². The van der Waals surface area contributed by atoms with Crippen LogP contribution in [0.25, 0.3) is 0 Å². The van der Waals surface area contributed by atoms with Crippen molar-refractivity contribution in [3.8, 4) is 23.8 Å². The Morgan fingerprint density at radius 3 is 3.11 bits per heavy atom. The van der Waals surface area contributed by atoms with E-state index in [0.717, 1.165) is 36.5 Å². The Morgan fingerprint density at radius 2 is 2.44 bits per heavy atom. The molecule has 0 saturated carbocycles. The Hall–Kier alpha value is -1.66. The molecule has 2 unspecified atom stereocenters. The number of fused-ring (bicyclic) bond motifs is 1. The maximum atomic E-state index is 5.65. The predicted molar refractivity (Wildman–Crippen MR) is 71.9 cm³/mol. The standard InChI is InChI=1S/C15H19NO2/c1-4-11(5-2)16-14-8-9-18-15-7-6-12(17-3)10-13(14)15/h1,6-7,10-11,14,16H,5,8-9H2,2-3H3. The van der Waals surface area contributed by atoms with Crippen LogP contribution in [0.2, 0.25) is 0 Å². The van der Waals surface area contributed by atoms with Gasteiger partial charge in [-0.15, -0.1) is 6.42 Å². The molecule has 2 rings (SSSR count). The summed E-state index contributed by atoms with van der Waals surface area (Å²) < 4.78 is 10.9. The Labute approximate surface area is 108 Å². The van der Waals surface area contributed by atoms with Crippen molar-refractivity contribution in [3.63, 3.8) is 0 Å². The molecule has 0 radical (unpaired) electrons. The monoisotopic (exact) mass is 245 g/mol. The second kappa shape index (κ2) is 5.79. The van der Waals surface area contributed by atoms with E-state index in [2.05, 4.69) is 18.2 Å². The van der Waals surface area contributed by atoms with Crippen LogP contribution < -0.4 is 14.8 Å². The minimum absolute atomic E-state index is 0.104. The maximum absolute atomic E-state index is 5.65. The van der Waals surface area contributed by atoms with Gasteiger partial charge in [-0.2, -0.15) is 0 Å². The highest BCUT2D eigenvalue weighted by atomic mass is 16.5. The van der Waals surface area contributed by atoms with Gasteiger partial charge >= 0.3 is 0 Å². The summed E-state index contributed by atoms with van der Waals surface area (Å²) in [5.41, 5.74) is 1.13. The molecule has 1 heterocycles. The summed E-state index contributed by atoms with van der Waals surface area (Å²) in [7, 11) is 1.67. The molecule has 1 aromatic carbocycles. The number of ether oxygens (including phenoxy) is 2. The number of nitrogens with one attached hydrogen (secondary N) is 1. The van der Waals surface area contributed by atoms with Gasteiger partial charge in [0.15, 0.2) is 0 Å². The number of methoxy groups -OCH3 is 1. The molecule has 0 aromatic heterocycles. The first-order valence-corrected chi connectivity index (χ1v) is 6.31. The van der Waals surface area contributed by atoms with E-state index in [9.17, 15) is 0 Å². The lowest BCUT2D eigenvalue weighted by Crippen LogP contribution is -2.34. The third-order valence-corrected chi connectivity index (χ3v) is 3.27. The zero-order valence-electron chi connectivity index (χ0n) is 10.9. The molecule has 0 spiro atoms. The van der Waals surface area contributed by atoms with E-state index < -0.39 is 0 Å². The normalized spacial score (nSPS) is 19.3. The van der Waals surface area contributed by atoms with Crippen molar-refractivity contribution in [2.24, 2.45) is 0 Å². The Morgan fingerprint density at radius 1 is 1.61 bits per heavy atom. The van der Waals surface area contributed by atoms with E-state index in [1.54, 1.807) is 7.11 Å². The molecule has 3 nitrogen and oxygen atoms in total. The number of benzene rings is 1. The summed E-state index contributed by atoms with van der Waals surface area (Å²) in [6.07, 6.45) is 7.36. The van der Waals surface area contributed by atoms with Crippen molar-refractivity contribution in [2.45, 2.75) is 31.8 Å². The van der Waals surface area contributed by atoms with Crippen LogP contribution in [0.15, 0.2) is 18.2 Å². The van der Waals surface area contributed by atoms with Gasteiger partial charge in [0.05, 0.1) is 19.8 Å². The Bertz CT molecular complexity index is 450. The van der Waals surface area contributed by atoms with Crippen molar-refractivity contribution in [1.29, 1.82) is 0 Å². The summed E-state index contributed by atoms with van der Waals surface area (Å²) in [5, 5.41) is 3.49. The first kappa shape index (κ1) is 12.8. The fraction of sp³-hybridized carbons (Fsp3) is 0.467. The van der Waals surface area contributed by atoms with Gasteiger partial charge in [0, 0.05) is 18.0 Å². The largest absolute Gasteiger partial charge is 0.497 e. The van der Waals surface area contributed by atoms with Crippen molar-refractivity contribution in [1.82, 2.24) is 5.32 Å². The van der Waals surface area contributed by atoms with Gasteiger partial charge in [-0.05, 0) is 24.6 Å². The van der Waals surface area contributed by atoms with Crippen LogP contribution in [0, 0.1) is 12.3 Å². The molecule has 0 amide bonds. The number of terminal acetylenes is 1. The van der Waals surface area contributed by atoms with Gasteiger partial charge in [-0.1, -0.05) is 12.8 Å². The summed E-state index contributed by atoms with van der Waals surface area (Å²) >= 11 is 0. The SMILES string of the molecule is C#CC(CC)NC1CCOc2ccc(OC)cc21. The van der Waals surface area contributed by atoms with Crippen LogP contribution in [-0.2, 0) is 0 Å². The van der Waals surface area contributed by atoms with E-state index in [-0.39, 0.29) is 12.1 Å². The molecule has 96 valence electrons. The van der Waals surface area contributed by atoms with Crippen LogP contribution in [0.4, 0.5) is 0 Å². The first-order valence-electron chi connectivity index (χ1n) is 6.31. The van der Waals surface area contributed by atoms with Crippen LogP contribution in [-0.4, -0.2) is 19.8 Å². The average molecular weight is 245 g/mol. The van der Waals surface area contributed by atoms with E-state index in [4.69, 9.17) is 15.9 Å². The molecule has 2 atom stereocenters. The van der Waals surface area contributed by atoms with Crippen LogP contribution >= 0.6 is 0 Å². The molecule has 1 aliphatic heterocycles. The van der Waals surface area contributed by atoms with E-state index in [0.29, 0.717) is 0 Å². The van der Waals surface area contributed by atoms with E-state index >= 15 is 0 Å². The van der Waals surface area contributed by atoms with Crippen molar-refractivity contribution in [2.75, 3.05) is 13.7 Å². The lowest BCUT2D eigenvalue weighted by atomic mass is 9.99. The number of hydrogen-bond acceptors (Lipinski definition) is 3. The highest BCUT2D eigenvalue weighted by Crippen LogP contribution is 2.35. The maximum Gasteiger partial charge on any atom is 0.124 e. The summed E-state index contributed by atoms with van der Waals surface area (Å²) in [4.78, 5) is 0. The Balaban J connectivity index is 2.23. The molecular weight excluding hydrogens is 226 g/mol.